The standard InChI is InChI=1S/C14H21N3O2/c1-15-6-4-5-11(15)14(19)17-9-12(13(18)10-17)16-7-2-3-8-16/h4-6,12-13,18H,2-3,7-10H2,1H3/t12-,13-/m1/s1. The van der Waals surface area contributed by atoms with E-state index in [0.29, 0.717) is 18.8 Å². The Kier molecular flexibility index (Phi) is 3.33. The molecule has 5 heteroatoms. The molecule has 1 N–H and O–H groups in total. The number of carbonyl (C=O) groups is 1. The number of likely N-dealkylation sites (tertiary alicyclic amines) is 2. The molecular weight excluding hydrogens is 242 g/mol. The zero-order valence-electron chi connectivity index (χ0n) is 11.3. The number of aromatic nitrogens is 1. The third kappa shape index (κ3) is 2.28. The molecule has 0 bridgehead atoms. The monoisotopic (exact) mass is 263 g/mol. The van der Waals surface area contributed by atoms with Gasteiger partial charge in [0.15, 0.2) is 0 Å². The van der Waals surface area contributed by atoms with E-state index in [-0.39, 0.29) is 11.9 Å². The Balaban J connectivity index is 1.70. The number of amides is 1. The van der Waals surface area contributed by atoms with E-state index in [1.54, 1.807) is 4.90 Å². The van der Waals surface area contributed by atoms with Gasteiger partial charge >= 0.3 is 0 Å². The van der Waals surface area contributed by atoms with Crippen molar-refractivity contribution in [1.82, 2.24) is 14.4 Å². The number of aryl methyl sites for hydroxylation is 1. The Morgan fingerprint density at radius 1 is 1.32 bits per heavy atom. The van der Waals surface area contributed by atoms with Gasteiger partial charge < -0.3 is 14.6 Å². The summed E-state index contributed by atoms with van der Waals surface area (Å²) >= 11 is 0. The molecule has 2 aliphatic heterocycles. The molecule has 2 atom stereocenters. The van der Waals surface area contributed by atoms with Crippen molar-refractivity contribution in [3.63, 3.8) is 0 Å². The minimum atomic E-state index is -0.415. The molecular formula is C14H21N3O2. The van der Waals surface area contributed by atoms with Gasteiger partial charge in [0.05, 0.1) is 12.1 Å². The van der Waals surface area contributed by atoms with Gasteiger partial charge in [0.25, 0.3) is 5.91 Å². The van der Waals surface area contributed by atoms with Crippen LogP contribution in [0.4, 0.5) is 0 Å². The minimum Gasteiger partial charge on any atom is -0.390 e. The largest absolute Gasteiger partial charge is 0.390 e. The van der Waals surface area contributed by atoms with Crippen molar-refractivity contribution < 1.29 is 9.90 Å². The van der Waals surface area contributed by atoms with E-state index in [4.69, 9.17) is 0 Å². The van der Waals surface area contributed by atoms with E-state index in [2.05, 4.69) is 4.90 Å². The number of aliphatic hydroxyl groups excluding tert-OH is 1. The number of carbonyl (C=O) groups excluding carboxylic acids is 1. The van der Waals surface area contributed by atoms with Crippen molar-refractivity contribution in [1.29, 1.82) is 0 Å². The molecule has 0 aromatic carbocycles. The number of hydrogen-bond acceptors (Lipinski definition) is 3. The molecule has 1 aromatic heterocycles. The Hall–Kier alpha value is -1.33. The average molecular weight is 263 g/mol. The minimum absolute atomic E-state index is 0.0215. The van der Waals surface area contributed by atoms with Gasteiger partial charge in [-0.3, -0.25) is 9.69 Å². The Bertz CT molecular complexity index is 465. The predicted octanol–water partition coefficient (Wildman–Crippen LogP) is 0.306. The van der Waals surface area contributed by atoms with Gasteiger partial charge in [0.2, 0.25) is 0 Å². The quantitative estimate of drug-likeness (QED) is 0.835. The summed E-state index contributed by atoms with van der Waals surface area (Å²) in [5.74, 6) is 0.0215. The van der Waals surface area contributed by atoms with Crippen LogP contribution in [0, 0.1) is 0 Å². The van der Waals surface area contributed by atoms with Crippen LogP contribution in [0.15, 0.2) is 18.3 Å². The van der Waals surface area contributed by atoms with E-state index in [1.165, 1.54) is 12.8 Å². The lowest BCUT2D eigenvalue weighted by molar-refractivity contribution is 0.0754. The van der Waals surface area contributed by atoms with Crippen LogP contribution in [0.5, 0.6) is 0 Å². The highest BCUT2D eigenvalue weighted by Gasteiger charge is 2.38. The lowest BCUT2D eigenvalue weighted by Gasteiger charge is -2.25. The average Bonchev–Trinajstić information content (AvgIpc) is 3.07. The SMILES string of the molecule is Cn1cccc1C(=O)N1C[C@@H](O)[C@H](N2CCCC2)C1. The smallest absolute Gasteiger partial charge is 0.270 e. The first-order valence-corrected chi connectivity index (χ1v) is 6.99. The molecule has 104 valence electrons. The fourth-order valence-corrected chi connectivity index (χ4v) is 3.21. The molecule has 0 unspecified atom stereocenters. The first-order valence-electron chi connectivity index (χ1n) is 6.99. The lowest BCUT2D eigenvalue weighted by atomic mass is 10.2. The molecule has 2 aliphatic rings. The summed E-state index contributed by atoms with van der Waals surface area (Å²) in [4.78, 5) is 16.5. The lowest BCUT2D eigenvalue weighted by Crippen LogP contribution is -2.41. The summed E-state index contributed by atoms with van der Waals surface area (Å²) in [5, 5.41) is 10.2. The van der Waals surface area contributed by atoms with Gasteiger partial charge in [-0.25, -0.2) is 0 Å². The molecule has 19 heavy (non-hydrogen) atoms. The van der Waals surface area contributed by atoms with Crippen LogP contribution < -0.4 is 0 Å². The molecule has 0 aliphatic carbocycles. The number of hydrogen-bond donors (Lipinski definition) is 1. The molecule has 0 spiro atoms. The second-order valence-corrected chi connectivity index (χ2v) is 5.59. The van der Waals surface area contributed by atoms with Gasteiger partial charge in [-0.2, -0.15) is 0 Å². The number of aliphatic hydroxyl groups is 1. The molecule has 0 saturated carbocycles. The predicted molar refractivity (Wildman–Crippen MR) is 71.9 cm³/mol. The van der Waals surface area contributed by atoms with Gasteiger partial charge in [-0.05, 0) is 38.1 Å². The number of rotatable bonds is 2. The Morgan fingerprint density at radius 2 is 2.05 bits per heavy atom. The third-order valence-electron chi connectivity index (χ3n) is 4.32. The van der Waals surface area contributed by atoms with Gasteiger partial charge in [0, 0.05) is 26.3 Å². The van der Waals surface area contributed by atoms with Crippen LogP contribution in [0.1, 0.15) is 23.3 Å². The molecule has 1 amide bonds. The zero-order valence-corrected chi connectivity index (χ0v) is 11.3. The maximum Gasteiger partial charge on any atom is 0.270 e. The van der Waals surface area contributed by atoms with Crippen LogP contribution in [0.3, 0.4) is 0 Å². The highest BCUT2D eigenvalue weighted by Crippen LogP contribution is 2.22. The van der Waals surface area contributed by atoms with Crippen molar-refractivity contribution in [2.45, 2.75) is 25.0 Å². The summed E-state index contributed by atoms with van der Waals surface area (Å²) in [6.45, 7) is 3.19. The molecule has 0 radical (unpaired) electrons. The van der Waals surface area contributed by atoms with Gasteiger partial charge in [-0.15, -0.1) is 0 Å². The van der Waals surface area contributed by atoms with E-state index in [9.17, 15) is 9.90 Å². The van der Waals surface area contributed by atoms with E-state index in [1.807, 2.05) is 29.9 Å². The first kappa shape index (κ1) is 12.7. The van der Waals surface area contributed by atoms with Crippen molar-refractivity contribution in [2.24, 2.45) is 7.05 Å². The second-order valence-electron chi connectivity index (χ2n) is 5.59. The van der Waals surface area contributed by atoms with E-state index >= 15 is 0 Å². The van der Waals surface area contributed by atoms with Crippen LogP contribution >= 0.6 is 0 Å². The number of β-amino-alcohol motifs (C(OH)–C–C–N with tert-alkyl or cyclic N) is 1. The van der Waals surface area contributed by atoms with Crippen LogP contribution in [-0.2, 0) is 7.05 Å². The maximum atomic E-state index is 12.4. The maximum absolute atomic E-state index is 12.4. The topological polar surface area (TPSA) is 48.7 Å². The summed E-state index contributed by atoms with van der Waals surface area (Å²) < 4.78 is 1.83. The highest BCUT2D eigenvalue weighted by atomic mass is 16.3. The summed E-state index contributed by atoms with van der Waals surface area (Å²) in [6.07, 6.45) is 3.86. The van der Waals surface area contributed by atoms with Crippen LogP contribution in [-0.4, -0.2) is 63.7 Å². The molecule has 3 rings (SSSR count). The molecule has 2 saturated heterocycles. The van der Waals surface area contributed by atoms with Crippen molar-refractivity contribution in [3.05, 3.63) is 24.0 Å². The van der Waals surface area contributed by atoms with Gasteiger partial charge in [0.1, 0.15) is 5.69 Å². The van der Waals surface area contributed by atoms with Crippen LogP contribution in [0.25, 0.3) is 0 Å². The zero-order chi connectivity index (χ0) is 13.4. The fraction of sp³-hybridized carbons (Fsp3) is 0.643. The summed E-state index contributed by atoms with van der Waals surface area (Å²) in [6, 6.07) is 3.82. The molecule has 1 aromatic rings. The summed E-state index contributed by atoms with van der Waals surface area (Å²) in [7, 11) is 1.87. The van der Waals surface area contributed by atoms with Crippen LogP contribution in [0.2, 0.25) is 0 Å². The molecule has 3 heterocycles. The second kappa shape index (κ2) is 4.98. The van der Waals surface area contributed by atoms with Crippen molar-refractivity contribution in [2.75, 3.05) is 26.2 Å². The van der Waals surface area contributed by atoms with E-state index in [0.717, 1.165) is 13.1 Å². The number of nitrogens with zero attached hydrogens (tertiary/aromatic N) is 3. The highest BCUT2D eigenvalue weighted by molar-refractivity contribution is 5.93. The van der Waals surface area contributed by atoms with E-state index < -0.39 is 6.10 Å². The summed E-state index contributed by atoms with van der Waals surface area (Å²) in [5.41, 5.74) is 0.689. The molecule has 2 fully saturated rings. The first-order chi connectivity index (χ1) is 9.16. The van der Waals surface area contributed by atoms with Crippen molar-refractivity contribution in [3.8, 4) is 0 Å². The van der Waals surface area contributed by atoms with Crippen molar-refractivity contribution >= 4 is 5.91 Å². The van der Waals surface area contributed by atoms with Gasteiger partial charge in [-0.1, -0.05) is 0 Å². The molecule has 5 nitrogen and oxygen atoms in total. The normalized spacial score (nSPS) is 28.2. The Labute approximate surface area is 113 Å². The third-order valence-corrected chi connectivity index (χ3v) is 4.32. The fourth-order valence-electron chi connectivity index (χ4n) is 3.21. The Morgan fingerprint density at radius 3 is 2.68 bits per heavy atom.